The number of hydrogen-bond acceptors (Lipinski definition) is 0. The summed E-state index contributed by atoms with van der Waals surface area (Å²) in [4.78, 5) is 0. The lowest BCUT2D eigenvalue weighted by Crippen LogP contribution is -1.95. The summed E-state index contributed by atoms with van der Waals surface area (Å²) in [6.07, 6.45) is 6.35. The summed E-state index contributed by atoms with van der Waals surface area (Å²) in [5.41, 5.74) is 5.73. The smallest absolute Gasteiger partial charge is 0.0236 e. The van der Waals surface area contributed by atoms with Gasteiger partial charge < -0.3 is 0 Å². The van der Waals surface area contributed by atoms with Crippen LogP contribution in [0.1, 0.15) is 62.8 Å². The van der Waals surface area contributed by atoms with Crippen LogP contribution in [0.3, 0.4) is 0 Å². The molecule has 0 nitrogen and oxygen atoms in total. The standard InChI is InChI=1S/C16H18.C5H12.CH4/c1-13-7-3-5-9-15(13)11-12-16-10-6-4-8-14(16)2;1-3-5-4-2;/h3-10H,11-12H2,1-2H3;3-5H2,1-2H3;1H4. The van der Waals surface area contributed by atoms with Crippen molar-refractivity contribution in [2.24, 2.45) is 0 Å². The van der Waals surface area contributed by atoms with E-state index in [1.54, 1.807) is 0 Å². The second-order valence-corrected chi connectivity index (χ2v) is 5.71. The van der Waals surface area contributed by atoms with E-state index in [1.165, 1.54) is 41.5 Å². The molecule has 0 heterocycles. The van der Waals surface area contributed by atoms with Crippen molar-refractivity contribution in [3.63, 3.8) is 0 Å². The summed E-state index contributed by atoms with van der Waals surface area (Å²) in [7, 11) is 0. The van der Waals surface area contributed by atoms with E-state index in [1.807, 2.05) is 0 Å². The highest BCUT2D eigenvalue weighted by atomic mass is 14.1. The molecule has 0 aliphatic heterocycles. The molecule has 0 radical (unpaired) electrons. The Kier molecular flexibility index (Phi) is 11.2. The summed E-state index contributed by atoms with van der Waals surface area (Å²) >= 11 is 0. The lowest BCUT2D eigenvalue weighted by molar-refractivity contribution is 0.772. The van der Waals surface area contributed by atoms with E-state index in [0.29, 0.717) is 0 Å². The van der Waals surface area contributed by atoms with Gasteiger partial charge in [0.05, 0.1) is 0 Å². The van der Waals surface area contributed by atoms with Crippen LogP contribution in [0.5, 0.6) is 0 Å². The minimum atomic E-state index is 0. The van der Waals surface area contributed by atoms with Crippen LogP contribution >= 0.6 is 0 Å². The second kappa shape index (κ2) is 12.0. The first-order chi connectivity index (χ1) is 10.2. The van der Waals surface area contributed by atoms with Crippen molar-refractivity contribution in [3.05, 3.63) is 70.8 Å². The average molecular weight is 299 g/mol. The fourth-order valence-corrected chi connectivity index (χ4v) is 2.40. The molecule has 0 amide bonds. The lowest BCUT2D eigenvalue weighted by Gasteiger charge is -2.07. The van der Waals surface area contributed by atoms with Crippen molar-refractivity contribution < 1.29 is 0 Å². The van der Waals surface area contributed by atoms with Gasteiger partial charge in [-0.3, -0.25) is 0 Å². The first-order valence-electron chi connectivity index (χ1n) is 8.28. The molecule has 22 heavy (non-hydrogen) atoms. The number of aryl methyl sites for hydroxylation is 4. The summed E-state index contributed by atoms with van der Waals surface area (Å²) in [5, 5.41) is 0. The highest BCUT2D eigenvalue weighted by molar-refractivity contribution is 5.30. The Morgan fingerprint density at radius 3 is 1.27 bits per heavy atom. The third-order valence-corrected chi connectivity index (χ3v) is 3.89. The third-order valence-electron chi connectivity index (χ3n) is 3.89. The van der Waals surface area contributed by atoms with Crippen LogP contribution in [-0.2, 0) is 12.8 Å². The highest BCUT2D eigenvalue weighted by Gasteiger charge is 2.00. The predicted octanol–water partition coefficient (Wildman–Crippen LogP) is 6.92. The normalized spacial score (nSPS) is 9.45. The first-order valence-corrected chi connectivity index (χ1v) is 8.28. The molecule has 2 rings (SSSR count). The molecule has 2 aromatic carbocycles. The number of benzene rings is 2. The molecule has 0 aromatic heterocycles. The van der Waals surface area contributed by atoms with Crippen LogP contribution in [0.2, 0.25) is 0 Å². The van der Waals surface area contributed by atoms with Crippen LogP contribution in [0.4, 0.5) is 0 Å². The average Bonchev–Trinajstić information content (AvgIpc) is 2.49. The zero-order valence-electron chi connectivity index (χ0n) is 14.2. The van der Waals surface area contributed by atoms with Crippen molar-refractivity contribution in [2.45, 2.75) is 67.2 Å². The van der Waals surface area contributed by atoms with Gasteiger partial charge in [-0.05, 0) is 48.9 Å². The molecule has 0 N–H and O–H groups in total. The van der Waals surface area contributed by atoms with Crippen molar-refractivity contribution in [2.75, 3.05) is 0 Å². The predicted molar refractivity (Wildman–Crippen MR) is 102 cm³/mol. The van der Waals surface area contributed by atoms with Crippen molar-refractivity contribution in [1.29, 1.82) is 0 Å². The van der Waals surface area contributed by atoms with E-state index in [-0.39, 0.29) is 7.43 Å². The molecule has 122 valence electrons. The van der Waals surface area contributed by atoms with E-state index in [4.69, 9.17) is 0 Å². The lowest BCUT2D eigenvalue weighted by atomic mass is 9.98. The van der Waals surface area contributed by atoms with E-state index in [0.717, 1.165) is 12.8 Å². The quantitative estimate of drug-likeness (QED) is 0.562. The monoisotopic (exact) mass is 298 g/mol. The number of hydrogen-bond donors (Lipinski definition) is 0. The summed E-state index contributed by atoms with van der Waals surface area (Å²) in [6, 6.07) is 17.3. The summed E-state index contributed by atoms with van der Waals surface area (Å²) < 4.78 is 0. The van der Waals surface area contributed by atoms with Gasteiger partial charge in [0.1, 0.15) is 0 Å². The number of rotatable bonds is 5. The fraction of sp³-hybridized carbons (Fsp3) is 0.455. The topological polar surface area (TPSA) is 0 Å². The van der Waals surface area contributed by atoms with Crippen molar-refractivity contribution in [3.8, 4) is 0 Å². The molecule has 0 saturated carbocycles. The maximum absolute atomic E-state index is 2.23. The van der Waals surface area contributed by atoms with Gasteiger partial charge in [-0.1, -0.05) is 89.1 Å². The van der Waals surface area contributed by atoms with Crippen molar-refractivity contribution >= 4 is 0 Å². The van der Waals surface area contributed by atoms with Gasteiger partial charge >= 0.3 is 0 Å². The maximum Gasteiger partial charge on any atom is -0.0236 e. The SMILES string of the molecule is C.CCCCC.Cc1ccccc1CCc1ccccc1C. The molecule has 0 fully saturated rings. The Morgan fingerprint density at radius 2 is 1.00 bits per heavy atom. The Bertz CT molecular complexity index is 463. The largest absolute Gasteiger partial charge is 0.0776 e. The van der Waals surface area contributed by atoms with Gasteiger partial charge in [-0.2, -0.15) is 0 Å². The summed E-state index contributed by atoms with van der Waals surface area (Å²) in [6.45, 7) is 8.80. The Labute approximate surface area is 138 Å². The zero-order chi connectivity index (χ0) is 15.5. The van der Waals surface area contributed by atoms with E-state index >= 15 is 0 Å². The van der Waals surface area contributed by atoms with Crippen LogP contribution in [0, 0.1) is 13.8 Å². The molecule has 0 heteroatoms. The molecule has 0 aliphatic carbocycles. The van der Waals surface area contributed by atoms with E-state index < -0.39 is 0 Å². The van der Waals surface area contributed by atoms with Crippen LogP contribution in [0.25, 0.3) is 0 Å². The zero-order valence-corrected chi connectivity index (χ0v) is 14.2. The third kappa shape index (κ3) is 7.45. The molecule has 2 aromatic rings. The molecular formula is C22H34. The van der Waals surface area contributed by atoms with Gasteiger partial charge in [0, 0.05) is 0 Å². The Morgan fingerprint density at radius 1 is 0.636 bits per heavy atom. The molecule has 0 saturated heterocycles. The van der Waals surface area contributed by atoms with Gasteiger partial charge in [-0.25, -0.2) is 0 Å². The van der Waals surface area contributed by atoms with Crippen molar-refractivity contribution in [1.82, 2.24) is 0 Å². The maximum atomic E-state index is 2.23. The van der Waals surface area contributed by atoms with Crippen LogP contribution in [0.15, 0.2) is 48.5 Å². The fourth-order valence-electron chi connectivity index (χ4n) is 2.40. The molecular weight excluding hydrogens is 264 g/mol. The Balaban J connectivity index is 0.000000644. The van der Waals surface area contributed by atoms with Gasteiger partial charge in [0.2, 0.25) is 0 Å². The molecule has 0 bridgehead atoms. The molecule has 0 spiro atoms. The van der Waals surface area contributed by atoms with Gasteiger partial charge in [-0.15, -0.1) is 0 Å². The van der Waals surface area contributed by atoms with E-state index in [9.17, 15) is 0 Å². The molecule has 0 atom stereocenters. The highest BCUT2D eigenvalue weighted by Crippen LogP contribution is 2.13. The second-order valence-electron chi connectivity index (χ2n) is 5.71. The van der Waals surface area contributed by atoms with E-state index in [2.05, 4.69) is 76.2 Å². The van der Waals surface area contributed by atoms with Gasteiger partial charge in [0.25, 0.3) is 0 Å². The molecule has 0 unspecified atom stereocenters. The molecule has 0 aliphatic rings. The first kappa shape index (κ1) is 20.4. The minimum absolute atomic E-state index is 0. The Hall–Kier alpha value is -1.56. The van der Waals surface area contributed by atoms with Gasteiger partial charge in [0.15, 0.2) is 0 Å². The van der Waals surface area contributed by atoms with Crippen LogP contribution in [-0.4, -0.2) is 0 Å². The minimum Gasteiger partial charge on any atom is -0.0776 e. The number of unbranched alkanes of at least 4 members (excludes halogenated alkanes) is 2. The van der Waals surface area contributed by atoms with Crippen LogP contribution < -0.4 is 0 Å². The summed E-state index contributed by atoms with van der Waals surface area (Å²) in [5.74, 6) is 0.